The highest BCUT2D eigenvalue weighted by atomic mass is 32.2. The lowest BCUT2D eigenvalue weighted by molar-refractivity contribution is -0.129. The Morgan fingerprint density at radius 2 is 2.10 bits per heavy atom. The number of aliphatic hydroxyl groups excluding tert-OH is 1. The van der Waals surface area contributed by atoms with Crippen LogP contribution in [0.3, 0.4) is 0 Å². The van der Waals surface area contributed by atoms with Crippen molar-refractivity contribution in [3.05, 3.63) is 51.7 Å². The molecule has 0 saturated heterocycles. The minimum Gasteiger partial charge on any atom is -0.392 e. The Bertz CT molecular complexity index is 621. The predicted molar refractivity (Wildman–Crippen MR) is 86.5 cm³/mol. The summed E-state index contributed by atoms with van der Waals surface area (Å²) >= 11 is 3.34. The number of thioether (sulfide) groups is 1. The average Bonchev–Trinajstić information content (AvgIpc) is 3.00. The van der Waals surface area contributed by atoms with E-state index >= 15 is 0 Å². The van der Waals surface area contributed by atoms with Crippen LogP contribution in [0.15, 0.2) is 40.6 Å². The molecule has 2 aromatic rings. The zero-order valence-corrected chi connectivity index (χ0v) is 13.3. The number of rotatable bonds is 4. The first-order chi connectivity index (χ1) is 10.3. The lowest BCUT2D eigenvalue weighted by Gasteiger charge is -2.26. The molecule has 5 heteroatoms. The van der Waals surface area contributed by atoms with Crippen LogP contribution in [-0.4, -0.2) is 28.2 Å². The van der Waals surface area contributed by atoms with Gasteiger partial charge in [0.05, 0.1) is 12.4 Å². The van der Waals surface area contributed by atoms with Crippen LogP contribution in [0.1, 0.15) is 16.0 Å². The molecule has 0 spiro atoms. The van der Waals surface area contributed by atoms with Gasteiger partial charge in [-0.1, -0.05) is 12.1 Å². The van der Waals surface area contributed by atoms with Crippen molar-refractivity contribution < 1.29 is 9.90 Å². The monoisotopic (exact) mass is 319 g/mol. The average molecular weight is 319 g/mol. The molecule has 1 aromatic carbocycles. The molecule has 0 radical (unpaired) electrons. The molecule has 1 aromatic heterocycles. The van der Waals surface area contributed by atoms with E-state index in [9.17, 15) is 4.79 Å². The second kappa shape index (κ2) is 6.64. The fourth-order valence-corrected chi connectivity index (χ4v) is 4.08. The fourth-order valence-electron chi connectivity index (χ4n) is 2.39. The molecular weight excluding hydrogens is 302 g/mol. The van der Waals surface area contributed by atoms with Gasteiger partial charge in [-0.15, -0.1) is 23.1 Å². The molecule has 1 aliphatic rings. The first-order valence-corrected chi connectivity index (χ1v) is 8.78. The summed E-state index contributed by atoms with van der Waals surface area (Å²) in [7, 11) is 0. The molecule has 0 bridgehead atoms. The quantitative estimate of drug-likeness (QED) is 0.881. The number of nitrogens with zero attached hydrogens (tertiary/aromatic N) is 1. The van der Waals surface area contributed by atoms with Crippen molar-refractivity contribution in [1.82, 2.24) is 4.90 Å². The Hall–Kier alpha value is -1.30. The van der Waals surface area contributed by atoms with E-state index in [2.05, 4.69) is 11.4 Å². The summed E-state index contributed by atoms with van der Waals surface area (Å²) in [4.78, 5) is 16.7. The summed E-state index contributed by atoms with van der Waals surface area (Å²) in [5, 5.41) is 11.1. The Balaban J connectivity index is 1.54. The summed E-state index contributed by atoms with van der Waals surface area (Å²) in [5.41, 5.74) is 2.20. The van der Waals surface area contributed by atoms with Gasteiger partial charge in [0, 0.05) is 22.9 Å². The molecule has 3 nitrogen and oxygen atoms in total. The molecule has 1 aliphatic heterocycles. The van der Waals surface area contributed by atoms with E-state index < -0.39 is 0 Å². The molecular formula is C16H17NO2S2. The molecule has 21 heavy (non-hydrogen) atoms. The lowest BCUT2D eigenvalue weighted by atomic mass is 10.1. The van der Waals surface area contributed by atoms with Crippen molar-refractivity contribution in [2.45, 2.75) is 24.5 Å². The van der Waals surface area contributed by atoms with Crippen molar-refractivity contribution in [2.24, 2.45) is 0 Å². The van der Waals surface area contributed by atoms with Crippen LogP contribution in [0.4, 0.5) is 0 Å². The van der Waals surface area contributed by atoms with Crippen LogP contribution in [0.25, 0.3) is 0 Å². The molecule has 1 N–H and O–H groups in total. The van der Waals surface area contributed by atoms with Crippen LogP contribution < -0.4 is 0 Å². The summed E-state index contributed by atoms with van der Waals surface area (Å²) < 4.78 is 0. The number of aliphatic hydroxyl groups is 1. The first-order valence-electron chi connectivity index (χ1n) is 6.92. The molecule has 2 heterocycles. The van der Waals surface area contributed by atoms with Crippen molar-refractivity contribution in [2.75, 3.05) is 12.3 Å². The Morgan fingerprint density at radius 3 is 2.86 bits per heavy atom. The van der Waals surface area contributed by atoms with Gasteiger partial charge in [0.1, 0.15) is 0 Å². The second-order valence-electron chi connectivity index (χ2n) is 5.03. The Kier molecular flexibility index (Phi) is 4.63. The SMILES string of the molecule is O=C(CSc1ccc(CO)cc1)N1CCc2sccc2C1. The highest BCUT2D eigenvalue weighted by Crippen LogP contribution is 2.25. The summed E-state index contributed by atoms with van der Waals surface area (Å²) in [5.74, 6) is 0.667. The van der Waals surface area contributed by atoms with Crippen LogP contribution >= 0.6 is 23.1 Å². The van der Waals surface area contributed by atoms with Gasteiger partial charge in [-0.3, -0.25) is 4.79 Å². The number of benzene rings is 1. The van der Waals surface area contributed by atoms with Crippen LogP contribution in [-0.2, 0) is 24.4 Å². The summed E-state index contributed by atoms with van der Waals surface area (Å²) in [6, 6.07) is 9.82. The highest BCUT2D eigenvalue weighted by Gasteiger charge is 2.21. The predicted octanol–water partition coefficient (Wildman–Crippen LogP) is 2.92. The van der Waals surface area contributed by atoms with E-state index in [1.54, 1.807) is 23.1 Å². The van der Waals surface area contributed by atoms with Crippen LogP contribution in [0.2, 0.25) is 0 Å². The van der Waals surface area contributed by atoms with Crippen molar-refractivity contribution in [3.8, 4) is 0 Å². The van der Waals surface area contributed by atoms with Crippen molar-refractivity contribution >= 4 is 29.0 Å². The van der Waals surface area contributed by atoms with E-state index in [-0.39, 0.29) is 12.5 Å². The molecule has 0 atom stereocenters. The fraction of sp³-hybridized carbons (Fsp3) is 0.312. The van der Waals surface area contributed by atoms with Crippen molar-refractivity contribution in [1.29, 1.82) is 0 Å². The normalized spacial score (nSPS) is 14.0. The standard InChI is InChI=1S/C16H17NO2S2/c18-10-12-1-3-14(4-2-12)21-11-16(19)17-7-5-15-13(9-17)6-8-20-15/h1-4,6,8,18H,5,7,9-11H2. The molecule has 0 saturated carbocycles. The number of thiophene rings is 1. The number of hydrogen-bond donors (Lipinski definition) is 1. The van der Waals surface area contributed by atoms with Gasteiger partial charge < -0.3 is 10.0 Å². The number of carbonyl (C=O) groups excluding carboxylic acids is 1. The zero-order chi connectivity index (χ0) is 14.7. The molecule has 0 fully saturated rings. The van der Waals surface area contributed by atoms with Crippen LogP contribution in [0.5, 0.6) is 0 Å². The van der Waals surface area contributed by atoms with Gasteiger partial charge in [-0.05, 0) is 41.1 Å². The zero-order valence-electron chi connectivity index (χ0n) is 11.6. The largest absolute Gasteiger partial charge is 0.392 e. The van der Waals surface area contributed by atoms with Gasteiger partial charge >= 0.3 is 0 Å². The second-order valence-corrected chi connectivity index (χ2v) is 7.07. The Morgan fingerprint density at radius 1 is 1.29 bits per heavy atom. The van der Waals surface area contributed by atoms with E-state index in [0.29, 0.717) is 5.75 Å². The maximum absolute atomic E-state index is 12.3. The van der Waals surface area contributed by atoms with E-state index in [1.165, 1.54) is 10.4 Å². The van der Waals surface area contributed by atoms with Crippen LogP contribution in [0, 0.1) is 0 Å². The molecule has 3 rings (SSSR count). The van der Waals surface area contributed by atoms with Crippen molar-refractivity contribution in [3.63, 3.8) is 0 Å². The first kappa shape index (κ1) is 14.6. The Labute approximate surface area is 132 Å². The summed E-state index contributed by atoms with van der Waals surface area (Å²) in [6.45, 7) is 1.64. The number of carbonyl (C=O) groups is 1. The van der Waals surface area contributed by atoms with Gasteiger partial charge in [0.15, 0.2) is 0 Å². The van der Waals surface area contributed by atoms with Gasteiger partial charge in [-0.25, -0.2) is 0 Å². The minimum absolute atomic E-state index is 0.0562. The van der Waals surface area contributed by atoms with Gasteiger partial charge in [0.2, 0.25) is 5.91 Å². The highest BCUT2D eigenvalue weighted by molar-refractivity contribution is 8.00. The third-order valence-electron chi connectivity index (χ3n) is 3.63. The molecule has 1 amide bonds. The number of hydrogen-bond acceptors (Lipinski definition) is 4. The van der Waals surface area contributed by atoms with Gasteiger partial charge in [0.25, 0.3) is 0 Å². The molecule has 0 aliphatic carbocycles. The van der Waals surface area contributed by atoms with E-state index in [4.69, 9.17) is 5.11 Å². The topological polar surface area (TPSA) is 40.5 Å². The number of amides is 1. The molecule has 0 unspecified atom stereocenters. The molecule has 110 valence electrons. The summed E-state index contributed by atoms with van der Waals surface area (Å²) in [6.07, 6.45) is 0.981. The third-order valence-corrected chi connectivity index (χ3v) is 5.65. The lowest BCUT2D eigenvalue weighted by Crippen LogP contribution is -2.36. The van der Waals surface area contributed by atoms with Gasteiger partial charge in [-0.2, -0.15) is 0 Å². The van der Waals surface area contributed by atoms with E-state index in [0.717, 1.165) is 30.0 Å². The van der Waals surface area contributed by atoms with E-state index in [1.807, 2.05) is 29.2 Å². The minimum atomic E-state index is 0.0562. The smallest absolute Gasteiger partial charge is 0.233 e. The number of fused-ring (bicyclic) bond motifs is 1. The third kappa shape index (κ3) is 3.48. The maximum Gasteiger partial charge on any atom is 0.233 e. The maximum atomic E-state index is 12.3.